The Hall–Kier alpha value is -1.83. The molecule has 0 radical (unpaired) electrons. The molecule has 23 heavy (non-hydrogen) atoms. The summed E-state index contributed by atoms with van der Waals surface area (Å²) in [7, 11) is -3.53. The minimum Gasteiger partial charge on any atom is -0.367 e. The van der Waals surface area contributed by atoms with Crippen LogP contribution in [-0.4, -0.2) is 42.4 Å². The number of morpholine rings is 1. The molecule has 0 saturated carbocycles. The van der Waals surface area contributed by atoms with Crippen molar-refractivity contribution in [3.05, 3.63) is 53.6 Å². The fraction of sp³-hybridized carbons (Fsp3) is 0.375. The molecule has 0 unspecified atom stereocenters. The zero-order chi connectivity index (χ0) is 16.4. The second kappa shape index (κ2) is 6.35. The summed E-state index contributed by atoms with van der Waals surface area (Å²) in [5.74, 6) is 0.537. The number of sulfonamides is 1. The Morgan fingerprint density at radius 2 is 1.78 bits per heavy atom. The van der Waals surface area contributed by atoms with Gasteiger partial charge in [0.1, 0.15) is 6.10 Å². The van der Waals surface area contributed by atoms with E-state index in [1.165, 1.54) is 4.31 Å². The van der Waals surface area contributed by atoms with Crippen LogP contribution in [0.5, 0.6) is 0 Å². The van der Waals surface area contributed by atoms with Gasteiger partial charge < -0.3 is 4.74 Å². The summed E-state index contributed by atoms with van der Waals surface area (Å²) >= 11 is 0. The van der Waals surface area contributed by atoms with E-state index in [9.17, 15) is 8.42 Å². The van der Waals surface area contributed by atoms with Gasteiger partial charge in [-0.05, 0) is 32.0 Å². The minimum absolute atomic E-state index is 0.222. The number of benzene rings is 1. The van der Waals surface area contributed by atoms with Gasteiger partial charge in [-0.3, -0.25) is 0 Å². The number of rotatable bonds is 3. The van der Waals surface area contributed by atoms with Crippen molar-refractivity contribution in [2.45, 2.75) is 24.8 Å². The van der Waals surface area contributed by atoms with Crippen molar-refractivity contribution in [1.29, 1.82) is 0 Å². The van der Waals surface area contributed by atoms with Crippen molar-refractivity contribution in [3.8, 4) is 0 Å². The molecule has 7 heteroatoms. The molecule has 1 aliphatic rings. The average Bonchev–Trinajstić information content (AvgIpc) is 2.55. The lowest BCUT2D eigenvalue weighted by atomic mass is 10.2. The zero-order valence-corrected chi connectivity index (χ0v) is 14.0. The molecule has 6 nitrogen and oxygen atoms in total. The van der Waals surface area contributed by atoms with Gasteiger partial charge in [0.15, 0.2) is 5.82 Å². The molecular weight excluding hydrogens is 314 g/mol. The van der Waals surface area contributed by atoms with E-state index in [0.29, 0.717) is 23.9 Å². The highest BCUT2D eigenvalue weighted by atomic mass is 32.2. The van der Waals surface area contributed by atoms with Gasteiger partial charge >= 0.3 is 0 Å². The van der Waals surface area contributed by atoms with Crippen molar-refractivity contribution < 1.29 is 13.2 Å². The highest BCUT2D eigenvalue weighted by molar-refractivity contribution is 7.89. The molecule has 1 fully saturated rings. The first-order valence-electron chi connectivity index (χ1n) is 7.46. The van der Waals surface area contributed by atoms with Crippen molar-refractivity contribution >= 4 is 10.0 Å². The molecule has 0 aliphatic carbocycles. The number of hydrogen-bond acceptors (Lipinski definition) is 5. The third-order valence-electron chi connectivity index (χ3n) is 3.70. The van der Waals surface area contributed by atoms with E-state index in [1.807, 2.05) is 19.9 Å². The smallest absolute Gasteiger partial charge is 0.243 e. The molecule has 122 valence electrons. The van der Waals surface area contributed by atoms with Crippen LogP contribution >= 0.6 is 0 Å². The Bertz CT molecular complexity index is 773. The first-order valence-corrected chi connectivity index (χ1v) is 8.90. The summed E-state index contributed by atoms with van der Waals surface area (Å²) in [6, 6.07) is 10.3. The maximum Gasteiger partial charge on any atom is 0.243 e. The van der Waals surface area contributed by atoms with E-state index >= 15 is 0 Å². The summed E-state index contributed by atoms with van der Waals surface area (Å²) < 4.78 is 32.6. The Morgan fingerprint density at radius 1 is 1.13 bits per heavy atom. The van der Waals surface area contributed by atoms with Gasteiger partial charge in [0.2, 0.25) is 10.0 Å². The molecular formula is C16H19N3O3S. The first-order chi connectivity index (χ1) is 11.0. The van der Waals surface area contributed by atoms with Crippen LogP contribution in [0.1, 0.15) is 23.3 Å². The molecule has 1 aromatic carbocycles. The van der Waals surface area contributed by atoms with E-state index in [2.05, 4.69) is 9.97 Å². The van der Waals surface area contributed by atoms with Crippen LogP contribution in [0, 0.1) is 13.8 Å². The second-order valence-electron chi connectivity index (χ2n) is 5.54. The molecule has 2 aromatic rings. The van der Waals surface area contributed by atoms with Gasteiger partial charge in [0.25, 0.3) is 0 Å². The zero-order valence-electron chi connectivity index (χ0n) is 13.1. The van der Waals surface area contributed by atoms with Crippen LogP contribution in [-0.2, 0) is 14.8 Å². The lowest BCUT2D eigenvalue weighted by Gasteiger charge is -2.31. The van der Waals surface area contributed by atoms with Crippen LogP contribution in [0.3, 0.4) is 0 Å². The summed E-state index contributed by atoms with van der Waals surface area (Å²) in [4.78, 5) is 9.07. The largest absolute Gasteiger partial charge is 0.367 e. The van der Waals surface area contributed by atoms with E-state index < -0.39 is 16.1 Å². The van der Waals surface area contributed by atoms with Crippen LogP contribution in [0.25, 0.3) is 0 Å². The standard InChI is InChI=1S/C16H19N3O3S/c1-12-10-13(2)18-16(17-12)15-11-19(8-9-22-15)23(20,21)14-6-4-3-5-7-14/h3-7,10,15H,8-9,11H2,1-2H3/t15-/m1/s1. The Balaban J connectivity index is 1.86. The SMILES string of the molecule is Cc1cc(C)nc([C@H]2CN(S(=O)(=O)c3ccccc3)CCO2)n1. The molecule has 1 aromatic heterocycles. The number of ether oxygens (including phenoxy) is 1. The normalized spacial score (nSPS) is 19.7. The van der Waals surface area contributed by atoms with Gasteiger partial charge in [-0.1, -0.05) is 18.2 Å². The fourth-order valence-electron chi connectivity index (χ4n) is 2.64. The summed E-state index contributed by atoms with van der Waals surface area (Å²) in [6.45, 7) is 4.66. The predicted molar refractivity (Wildman–Crippen MR) is 85.4 cm³/mol. The molecule has 2 heterocycles. The molecule has 1 saturated heterocycles. The van der Waals surface area contributed by atoms with Crippen molar-refractivity contribution in [3.63, 3.8) is 0 Å². The Morgan fingerprint density at radius 3 is 2.43 bits per heavy atom. The van der Waals surface area contributed by atoms with Gasteiger partial charge in [0.05, 0.1) is 11.5 Å². The molecule has 1 aliphatic heterocycles. The summed E-state index contributed by atoms with van der Waals surface area (Å²) in [5.41, 5.74) is 1.69. The lowest BCUT2D eigenvalue weighted by molar-refractivity contribution is -0.00769. The molecule has 1 atom stereocenters. The molecule has 3 rings (SSSR count). The van der Waals surface area contributed by atoms with Crippen LogP contribution < -0.4 is 0 Å². The quantitative estimate of drug-likeness (QED) is 0.857. The van der Waals surface area contributed by atoms with E-state index in [0.717, 1.165) is 11.4 Å². The van der Waals surface area contributed by atoms with Gasteiger partial charge in [0, 0.05) is 24.5 Å². The summed E-state index contributed by atoms with van der Waals surface area (Å²) in [6.07, 6.45) is -0.444. The van der Waals surface area contributed by atoms with Crippen LogP contribution in [0.4, 0.5) is 0 Å². The molecule has 0 N–H and O–H groups in total. The van der Waals surface area contributed by atoms with Crippen LogP contribution in [0.15, 0.2) is 41.3 Å². The third kappa shape index (κ3) is 3.41. The maximum atomic E-state index is 12.7. The van der Waals surface area contributed by atoms with Crippen molar-refractivity contribution in [2.75, 3.05) is 19.7 Å². The highest BCUT2D eigenvalue weighted by Gasteiger charge is 2.32. The second-order valence-corrected chi connectivity index (χ2v) is 7.48. The lowest BCUT2D eigenvalue weighted by Crippen LogP contribution is -2.42. The predicted octanol–water partition coefficient (Wildman–Crippen LogP) is 1.86. The highest BCUT2D eigenvalue weighted by Crippen LogP contribution is 2.24. The number of aromatic nitrogens is 2. The van der Waals surface area contributed by atoms with E-state index in [4.69, 9.17) is 4.74 Å². The monoisotopic (exact) mass is 333 g/mol. The summed E-state index contributed by atoms with van der Waals surface area (Å²) in [5, 5.41) is 0. The van der Waals surface area contributed by atoms with E-state index in [1.54, 1.807) is 30.3 Å². The Kier molecular flexibility index (Phi) is 4.43. The average molecular weight is 333 g/mol. The molecule has 0 bridgehead atoms. The fourth-order valence-corrected chi connectivity index (χ4v) is 4.08. The van der Waals surface area contributed by atoms with Crippen molar-refractivity contribution in [2.24, 2.45) is 0 Å². The topological polar surface area (TPSA) is 72.4 Å². The third-order valence-corrected chi connectivity index (χ3v) is 5.58. The maximum absolute atomic E-state index is 12.7. The van der Waals surface area contributed by atoms with Gasteiger partial charge in [-0.2, -0.15) is 4.31 Å². The minimum atomic E-state index is -3.53. The first kappa shape index (κ1) is 16.0. The van der Waals surface area contributed by atoms with Gasteiger partial charge in [-0.25, -0.2) is 18.4 Å². The van der Waals surface area contributed by atoms with Crippen LogP contribution in [0.2, 0.25) is 0 Å². The molecule has 0 spiro atoms. The van der Waals surface area contributed by atoms with Gasteiger partial charge in [-0.15, -0.1) is 0 Å². The molecule has 0 amide bonds. The number of aryl methyl sites for hydroxylation is 2. The Labute approximate surface area is 136 Å². The van der Waals surface area contributed by atoms with Crippen molar-refractivity contribution in [1.82, 2.24) is 14.3 Å². The van der Waals surface area contributed by atoms with E-state index in [-0.39, 0.29) is 6.54 Å². The number of nitrogens with zero attached hydrogens (tertiary/aromatic N) is 3. The number of hydrogen-bond donors (Lipinski definition) is 0.